The molecular weight excluding hydrogens is 252 g/mol. The van der Waals surface area contributed by atoms with Crippen molar-refractivity contribution in [1.82, 2.24) is 15.1 Å². The summed E-state index contributed by atoms with van der Waals surface area (Å²) < 4.78 is 0. The van der Waals surface area contributed by atoms with Gasteiger partial charge >= 0.3 is 0 Å². The van der Waals surface area contributed by atoms with Crippen molar-refractivity contribution in [1.29, 1.82) is 0 Å². The molecule has 1 saturated heterocycles. The smallest absolute Gasteiger partial charge is 0.221 e. The van der Waals surface area contributed by atoms with Gasteiger partial charge in [0.05, 0.1) is 0 Å². The minimum Gasteiger partial charge on any atom is -0.354 e. The van der Waals surface area contributed by atoms with Gasteiger partial charge in [0.15, 0.2) is 0 Å². The fourth-order valence-electron chi connectivity index (χ4n) is 2.84. The molecule has 0 aromatic heterocycles. The predicted octanol–water partition coefficient (Wildman–Crippen LogP) is 0.646. The molecule has 1 aliphatic heterocycles. The van der Waals surface area contributed by atoms with Gasteiger partial charge in [0, 0.05) is 51.2 Å². The Balaban J connectivity index is 2.23. The maximum absolute atomic E-state index is 11.6. The summed E-state index contributed by atoms with van der Waals surface area (Å²) in [5, 5.41) is 2.95. The average molecular weight is 284 g/mol. The van der Waals surface area contributed by atoms with Crippen LogP contribution in [0.1, 0.15) is 40.0 Å². The van der Waals surface area contributed by atoms with E-state index in [1.54, 1.807) is 0 Å². The molecule has 0 aliphatic carbocycles. The molecule has 0 radical (unpaired) electrons. The number of nitrogens with one attached hydrogen (secondary N) is 1. The lowest BCUT2D eigenvalue weighted by atomic mass is 10.1. The zero-order valence-corrected chi connectivity index (χ0v) is 13.4. The van der Waals surface area contributed by atoms with Crippen molar-refractivity contribution in [2.75, 3.05) is 39.3 Å². The van der Waals surface area contributed by atoms with Gasteiger partial charge in [-0.2, -0.15) is 0 Å². The number of piperazine rings is 1. The topological polar surface area (TPSA) is 61.6 Å². The molecule has 5 heteroatoms. The second kappa shape index (κ2) is 9.32. The Morgan fingerprint density at radius 2 is 1.90 bits per heavy atom. The van der Waals surface area contributed by atoms with Gasteiger partial charge in [-0.3, -0.25) is 9.69 Å². The molecule has 0 bridgehead atoms. The zero-order chi connectivity index (χ0) is 15.0. The highest BCUT2D eigenvalue weighted by atomic mass is 16.1. The van der Waals surface area contributed by atoms with Crippen LogP contribution < -0.4 is 11.1 Å². The van der Waals surface area contributed by atoms with Crippen LogP contribution in [0.15, 0.2) is 0 Å². The first-order valence-electron chi connectivity index (χ1n) is 8.02. The summed E-state index contributed by atoms with van der Waals surface area (Å²) in [5.41, 5.74) is 5.68. The Bertz CT molecular complexity index is 275. The van der Waals surface area contributed by atoms with Crippen LogP contribution >= 0.6 is 0 Å². The van der Waals surface area contributed by atoms with Gasteiger partial charge < -0.3 is 16.0 Å². The Morgan fingerprint density at radius 3 is 2.40 bits per heavy atom. The van der Waals surface area contributed by atoms with Crippen molar-refractivity contribution in [3.8, 4) is 0 Å². The molecule has 5 nitrogen and oxygen atoms in total. The molecule has 1 heterocycles. The van der Waals surface area contributed by atoms with E-state index in [-0.39, 0.29) is 11.9 Å². The van der Waals surface area contributed by atoms with Crippen molar-refractivity contribution in [2.45, 2.75) is 52.1 Å². The van der Waals surface area contributed by atoms with Gasteiger partial charge in [0.2, 0.25) is 5.91 Å². The Hall–Kier alpha value is -0.650. The lowest BCUT2D eigenvalue weighted by molar-refractivity contribution is -0.122. The zero-order valence-electron chi connectivity index (χ0n) is 13.4. The lowest BCUT2D eigenvalue weighted by Crippen LogP contribution is -2.51. The fraction of sp³-hybridized carbons (Fsp3) is 0.933. The first-order valence-corrected chi connectivity index (χ1v) is 8.02. The highest BCUT2D eigenvalue weighted by molar-refractivity contribution is 5.76. The number of carbonyl (C=O) groups is 1. The van der Waals surface area contributed by atoms with Crippen molar-refractivity contribution in [2.24, 2.45) is 5.73 Å². The Morgan fingerprint density at radius 1 is 1.25 bits per heavy atom. The first-order chi connectivity index (χ1) is 9.56. The average Bonchev–Trinajstić information content (AvgIpc) is 2.42. The minimum atomic E-state index is 0.164. The maximum atomic E-state index is 11.6. The van der Waals surface area contributed by atoms with Crippen LogP contribution in [0.2, 0.25) is 0 Å². The fourth-order valence-corrected chi connectivity index (χ4v) is 2.84. The summed E-state index contributed by atoms with van der Waals surface area (Å²) >= 11 is 0. The summed E-state index contributed by atoms with van der Waals surface area (Å²) in [5.74, 6) is 0.164. The number of hydrogen-bond donors (Lipinski definition) is 2. The van der Waals surface area contributed by atoms with E-state index in [1.807, 2.05) is 13.8 Å². The molecule has 1 aliphatic rings. The van der Waals surface area contributed by atoms with Gasteiger partial charge in [-0.15, -0.1) is 0 Å². The van der Waals surface area contributed by atoms with Crippen LogP contribution in [0.25, 0.3) is 0 Å². The van der Waals surface area contributed by atoms with E-state index >= 15 is 0 Å². The predicted molar refractivity (Wildman–Crippen MR) is 83.7 cm³/mol. The molecule has 1 amide bonds. The van der Waals surface area contributed by atoms with Crippen LogP contribution in [-0.4, -0.2) is 67.1 Å². The number of nitrogens with two attached hydrogens (primary N) is 1. The summed E-state index contributed by atoms with van der Waals surface area (Å²) in [6.07, 6.45) is 2.87. The molecule has 20 heavy (non-hydrogen) atoms. The number of hydrogen-bond acceptors (Lipinski definition) is 4. The first kappa shape index (κ1) is 17.4. The largest absolute Gasteiger partial charge is 0.354 e. The van der Waals surface area contributed by atoms with Crippen molar-refractivity contribution in [3.63, 3.8) is 0 Å². The number of amides is 1. The van der Waals surface area contributed by atoms with E-state index in [1.165, 1.54) is 6.42 Å². The molecule has 1 rings (SSSR count). The lowest BCUT2D eigenvalue weighted by Gasteiger charge is -2.39. The Labute approximate surface area is 123 Å². The second-order valence-electron chi connectivity index (χ2n) is 5.99. The summed E-state index contributed by atoms with van der Waals surface area (Å²) in [6.45, 7) is 12.2. The van der Waals surface area contributed by atoms with E-state index in [0.717, 1.165) is 45.7 Å². The molecule has 1 atom stereocenters. The second-order valence-corrected chi connectivity index (χ2v) is 5.99. The SMILES string of the molecule is CCC(CCN)N1CCN(CCC(=O)NC(C)C)CC1. The molecule has 3 N–H and O–H groups in total. The van der Waals surface area contributed by atoms with Crippen LogP contribution in [0.5, 0.6) is 0 Å². The van der Waals surface area contributed by atoms with Gasteiger partial charge in [-0.05, 0) is 33.2 Å². The van der Waals surface area contributed by atoms with Gasteiger partial charge in [-0.1, -0.05) is 6.92 Å². The van der Waals surface area contributed by atoms with Crippen molar-refractivity contribution < 1.29 is 4.79 Å². The van der Waals surface area contributed by atoms with E-state index in [0.29, 0.717) is 12.5 Å². The molecule has 0 aromatic rings. The Kier molecular flexibility index (Phi) is 8.11. The summed E-state index contributed by atoms with van der Waals surface area (Å²) in [6, 6.07) is 0.868. The molecule has 118 valence electrons. The van der Waals surface area contributed by atoms with Gasteiger partial charge in [0.25, 0.3) is 0 Å². The molecule has 0 spiro atoms. The van der Waals surface area contributed by atoms with E-state index in [4.69, 9.17) is 5.73 Å². The highest BCUT2D eigenvalue weighted by Crippen LogP contribution is 2.12. The minimum absolute atomic E-state index is 0.164. The molecular formula is C15H32N4O. The molecule has 0 saturated carbocycles. The van der Waals surface area contributed by atoms with E-state index < -0.39 is 0 Å². The monoisotopic (exact) mass is 284 g/mol. The van der Waals surface area contributed by atoms with Gasteiger partial charge in [0.1, 0.15) is 0 Å². The van der Waals surface area contributed by atoms with Crippen molar-refractivity contribution >= 4 is 5.91 Å². The molecule has 1 fully saturated rings. The van der Waals surface area contributed by atoms with Crippen LogP contribution in [-0.2, 0) is 4.79 Å². The molecule has 0 aromatic carbocycles. The third kappa shape index (κ3) is 6.20. The van der Waals surface area contributed by atoms with Crippen molar-refractivity contribution in [3.05, 3.63) is 0 Å². The van der Waals surface area contributed by atoms with Crippen LogP contribution in [0.4, 0.5) is 0 Å². The number of rotatable bonds is 8. The number of carbonyl (C=O) groups excluding carboxylic acids is 1. The normalized spacial score (nSPS) is 19.2. The van der Waals surface area contributed by atoms with Gasteiger partial charge in [-0.25, -0.2) is 0 Å². The summed E-state index contributed by atoms with van der Waals surface area (Å²) in [4.78, 5) is 16.6. The molecule has 1 unspecified atom stereocenters. The van der Waals surface area contributed by atoms with Crippen LogP contribution in [0.3, 0.4) is 0 Å². The third-order valence-corrected chi connectivity index (χ3v) is 4.00. The standard InChI is InChI=1S/C15H32N4O/c1-4-14(5-7-16)19-11-9-18(10-12-19)8-6-15(20)17-13(2)3/h13-14H,4-12,16H2,1-3H3,(H,17,20). The highest BCUT2D eigenvalue weighted by Gasteiger charge is 2.22. The number of nitrogens with zero attached hydrogens (tertiary/aromatic N) is 2. The van der Waals surface area contributed by atoms with E-state index in [2.05, 4.69) is 22.0 Å². The van der Waals surface area contributed by atoms with E-state index in [9.17, 15) is 4.79 Å². The summed E-state index contributed by atoms with van der Waals surface area (Å²) in [7, 11) is 0. The third-order valence-electron chi connectivity index (χ3n) is 4.00. The van der Waals surface area contributed by atoms with Crippen LogP contribution in [0, 0.1) is 0 Å². The quantitative estimate of drug-likeness (QED) is 0.687. The maximum Gasteiger partial charge on any atom is 0.221 e.